The molecule has 1 aromatic heterocycles. The van der Waals surface area contributed by atoms with E-state index in [9.17, 15) is 0 Å². The van der Waals surface area contributed by atoms with Gasteiger partial charge in [-0.05, 0) is 112 Å². The van der Waals surface area contributed by atoms with E-state index in [2.05, 4.69) is 205 Å². The van der Waals surface area contributed by atoms with Crippen LogP contribution < -0.4 is 0 Å². The summed E-state index contributed by atoms with van der Waals surface area (Å²) in [6, 6.07) is 74.0. The average molecular weight is 696 g/mol. The number of aromatic nitrogens is 1. The lowest BCUT2D eigenvalue weighted by molar-refractivity contribution is 1.20. The van der Waals surface area contributed by atoms with Crippen molar-refractivity contribution in [3.05, 3.63) is 200 Å². The third-order valence-corrected chi connectivity index (χ3v) is 11.9. The molecule has 0 fully saturated rings. The van der Waals surface area contributed by atoms with E-state index >= 15 is 0 Å². The molecule has 55 heavy (non-hydrogen) atoms. The summed E-state index contributed by atoms with van der Waals surface area (Å²) in [5.41, 5.74) is 8.58. The second-order valence-electron chi connectivity index (χ2n) is 14.8. The molecule has 1 heteroatoms. The first-order valence-electron chi connectivity index (χ1n) is 19.1. The number of benzene rings is 11. The van der Waals surface area contributed by atoms with Gasteiger partial charge in [0.1, 0.15) is 0 Å². The topological polar surface area (TPSA) is 4.93 Å². The van der Waals surface area contributed by atoms with Crippen LogP contribution in [-0.2, 0) is 0 Å². The third-order valence-electron chi connectivity index (χ3n) is 11.9. The maximum atomic E-state index is 2.44. The van der Waals surface area contributed by atoms with E-state index in [1.54, 1.807) is 0 Å². The highest BCUT2D eigenvalue weighted by Gasteiger charge is 2.19. The Kier molecular flexibility index (Phi) is 6.40. The van der Waals surface area contributed by atoms with Crippen LogP contribution in [0.5, 0.6) is 0 Å². The molecule has 0 atom stereocenters. The third kappa shape index (κ3) is 4.35. The number of fused-ring (bicyclic) bond motifs is 15. The minimum Gasteiger partial charge on any atom is -0.309 e. The van der Waals surface area contributed by atoms with Crippen molar-refractivity contribution >= 4 is 86.4 Å². The van der Waals surface area contributed by atoms with E-state index in [1.807, 2.05) is 0 Å². The van der Waals surface area contributed by atoms with Crippen LogP contribution in [0.1, 0.15) is 0 Å². The van der Waals surface area contributed by atoms with Gasteiger partial charge in [-0.15, -0.1) is 0 Å². The van der Waals surface area contributed by atoms with Crippen molar-refractivity contribution in [2.24, 2.45) is 0 Å². The molecule has 0 spiro atoms. The second kappa shape index (κ2) is 11.6. The SMILES string of the molecule is c1ccc(-c2ccc3c(c2)c2ccccc2c2c4ccc(-c5cccc6c(-n7c8ccccc8c8ccccc87)cccc56)cc4c4ccccc4c32)cc1. The van der Waals surface area contributed by atoms with Gasteiger partial charge in [0.2, 0.25) is 0 Å². The Balaban J connectivity index is 1.13. The molecule has 0 aliphatic carbocycles. The smallest absolute Gasteiger partial charge is 0.0541 e. The van der Waals surface area contributed by atoms with E-state index in [0.717, 1.165) is 0 Å². The van der Waals surface area contributed by atoms with E-state index < -0.39 is 0 Å². The molecule has 0 bridgehead atoms. The maximum absolute atomic E-state index is 2.44. The van der Waals surface area contributed by atoms with Gasteiger partial charge >= 0.3 is 0 Å². The summed E-state index contributed by atoms with van der Waals surface area (Å²) < 4.78 is 2.44. The Morgan fingerprint density at radius 2 is 0.691 bits per heavy atom. The number of hydrogen-bond donors (Lipinski definition) is 0. The lowest BCUT2D eigenvalue weighted by Gasteiger charge is -2.18. The Morgan fingerprint density at radius 3 is 1.33 bits per heavy atom. The van der Waals surface area contributed by atoms with Crippen molar-refractivity contribution in [2.45, 2.75) is 0 Å². The zero-order valence-corrected chi connectivity index (χ0v) is 30.0. The quantitative estimate of drug-likeness (QED) is 0.162. The molecular formula is C54H33N. The van der Waals surface area contributed by atoms with Crippen LogP contribution in [0.2, 0.25) is 0 Å². The molecule has 12 rings (SSSR count). The minimum atomic E-state index is 1.20. The summed E-state index contributed by atoms with van der Waals surface area (Å²) in [4.78, 5) is 0. The first-order chi connectivity index (χ1) is 27.3. The van der Waals surface area contributed by atoms with Gasteiger partial charge in [-0.1, -0.05) is 170 Å². The zero-order valence-electron chi connectivity index (χ0n) is 30.0. The van der Waals surface area contributed by atoms with E-state index in [4.69, 9.17) is 0 Å². The first-order valence-corrected chi connectivity index (χ1v) is 19.1. The molecule has 12 aromatic rings. The predicted octanol–water partition coefficient (Wildman–Crippen LogP) is 15.0. The number of nitrogens with zero attached hydrogens (tertiary/aromatic N) is 1. The highest BCUT2D eigenvalue weighted by molar-refractivity contribution is 6.39. The van der Waals surface area contributed by atoms with E-state index in [1.165, 1.54) is 114 Å². The summed E-state index contributed by atoms with van der Waals surface area (Å²) >= 11 is 0. The number of hydrogen-bond acceptors (Lipinski definition) is 0. The molecule has 0 N–H and O–H groups in total. The molecule has 0 aliphatic rings. The van der Waals surface area contributed by atoms with E-state index in [-0.39, 0.29) is 0 Å². The highest BCUT2D eigenvalue weighted by atomic mass is 15.0. The van der Waals surface area contributed by atoms with Gasteiger partial charge in [0.25, 0.3) is 0 Å². The maximum Gasteiger partial charge on any atom is 0.0541 e. The summed E-state index contributed by atoms with van der Waals surface area (Å²) in [5, 5.41) is 18.0. The second-order valence-corrected chi connectivity index (χ2v) is 14.8. The Bertz CT molecular complexity index is 3480. The lowest BCUT2D eigenvalue weighted by Crippen LogP contribution is -1.95. The van der Waals surface area contributed by atoms with E-state index in [0.29, 0.717) is 0 Å². The van der Waals surface area contributed by atoms with Crippen molar-refractivity contribution in [3.8, 4) is 27.9 Å². The highest BCUT2D eigenvalue weighted by Crippen LogP contribution is 2.46. The molecule has 0 saturated heterocycles. The fourth-order valence-corrected chi connectivity index (χ4v) is 9.57. The van der Waals surface area contributed by atoms with Crippen LogP contribution in [0.15, 0.2) is 200 Å². The fraction of sp³-hybridized carbons (Fsp3) is 0. The van der Waals surface area contributed by atoms with Crippen molar-refractivity contribution in [2.75, 3.05) is 0 Å². The van der Waals surface area contributed by atoms with Crippen LogP contribution in [0.3, 0.4) is 0 Å². The monoisotopic (exact) mass is 695 g/mol. The van der Waals surface area contributed by atoms with Crippen molar-refractivity contribution < 1.29 is 0 Å². The van der Waals surface area contributed by atoms with Gasteiger partial charge in [0.05, 0.1) is 16.7 Å². The lowest BCUT2D eigenvalue weighted by atomic mass is 9.85. The fourth-order valence-electron chi connectivity index (χ4n) is 9.57. The van der Waals surface area contributed by atoms with Gasteiger partial charge in [-0.3, -0.25) is 0 Å². The summed E-state index contributed by atoms with van der Waals surface area (Å²) in [6.07, 6.45) is 0. The molecular weight excluding hydrogens is 663 g/mol. The average Bonchev–Trinajstić information content (AvgIpc) is 3.60. The molecule has 0 aliphatic heterocycles. The molecule has 1 nitrogen and oxygen atoms in total. The molecule has 0 radical (unpaired) electrons. The van der Waals surface area contributed by atoms with Crippen LogP contribution in [-0.4, -0.2) is 4.57 Å². The van der Waals surface area contributed by atoms with Crippen molar-refractivity contribution in [1.29, 1.82) is 0 Å². The minimum absolute atomic E-state index is 1.20. The number of rotatable bonds is 3. The summed E-state index contributed by atoms with van der Waals surface area (Å²) in [6.45, 7) is 0. The molecule has 0 amide bonds. The normalized spacial score (nSPS) is 12.0. The van der Waals surface area contributed by atoms with Crippen LogP contribution >= 0.6 is 0 Å². The van der Waals surface area contributed by atoms with Crippen molar-refractivity contribution in [3.63, 3.8) is 0 Å². The van der Waals surface area contributed by atoms with Gasteiger partial charge in [-0.25, -0.2) is 0 Å². The van der Waals surface area contributed by atoms with Gasteiger partial charge in [0.15, 0.2) is 0 Å². The largest absolute Gasteiger partial charge is 0.309 e. The Hall–Kier alpha value is -7.22. The standard InChI is InChI=1S/C54H33N/c1-2-14-34(15-3-1)35-28-30-46-48(32-35)39-16-4-6-20-44(39)54-47-31-29-36(33-49(47)40-17-5-7-21-45(40)53(46)54)37-22-12-24-41-38(37)23-13-27-52(41)55-50-25-10-8-18-42(50)43-19-9-11-26-51(43)55/h1-33H. The molecule has 1 heterocycles. The first kappa shape index (κ1) is 30.3. The zero-order chi connectivity index (χ0) is 36.0. The Morgan fingerprint density at radius 1 is 0.236 bits per heavy atom. The summed E-state index contributed by atoms with van der Waals surface area (Å²) in [5.74, 6) is 0. The molecule has 254 valence electrons. The van der Waals surface area contributed by atoms with Gasteiger partial charge in [0, 0.05) is 16.2 Å². The molecule has 0 saturated carbocycles. The predicted molar refractivity (Wildman–Crippen MR) is 237 cm³/mol. The molecule has 0 unspecified atom stereocenters. The molecule has 11 aromatic carbocycles. The number of para-hydroxylation sites is 2. The van der Waals surface area contributed by atoms with Gasteiger partial charge in [-0.2, -0.15) is 0 Å². The van der Waals surface area contributed by atoms with Crippen LogP contribution in [0.4, 0.5) is 0 Å². The van der Waals surface area contributed by atoms with Crippen LogP contribution in [0, 0.1) is 0 Å². The van der Waals surface area contributed by atoms with Crippen molar-refractivity contribution in [1.82, 2.24) is 4.57 Å². The van der Waals surface area contributed by atoms with Crippen LogP contribution in [0.25, 0.3) is 114 Å². The summed E-state index contributed by atoms with van der Waals surface area (Å²) in [7, 11) is 0. The Labute approximate surface area is 317 Å². The van der Waals surface area contributed by atoms with Gasteiger partial charge < -0.3 is 4.57 Å².